The molecule has 0 aliphatic heterocycles. The normalized spacial score (nSPS) is 12.8. The molecule has 1 unspecified atom stereocenters. The molecule has 0 amide bonds. The van der Waals surface area contributed by atoms with E-state index in [4.69, 9.17) is 45.0 Å². The van der Waals surface area contributed by atoms with E-state index < -0.39 is 26.4 Å². The minimum absolute atomic E-state index is 0. The van der Waals surface area contributed by atoms with Crippen molar-refractivity contribution in [3.8, 4) is 0 Å². The molecule has 0 saturated heterocycles. The van der Waals surface area contributed by atoms with Crippen LogP contribution in [0.15, 0.2) is 0 Å². The molecule has 0 aromatic carbocycles. The first-order valence-electron chi connectivity index (χ1n) is 5.40. The van der Waals surface area contributed by atoms with Gasteiger partial charge in [0.2, 0.25) is 5.85 Å². The summed E-state index contributed by atoms with van der Waals surface area (Å²) in [5, 5.41) is 2.52. The summed E-state index contributed by atoms with van der Waals surface area (Å²) in [6.45, 7) is 4.50. The van der Waals surface area contributed by atoms with Gasteiger partial charge < -0.3 is 13.7 Å². The fourth-order valence-corrected chi connectivity index (χ4v) is 0.274. The quantitative estimate of drug-likeness (QED) is 0.380. The third-order valence-corrected chi connectivity index (χ3v) is 2.26. The van der Waals surface area contributed by atoms with Gasteiger partial charge in [-0.05, 0) is 29.5 Å². The molecule has 0 aromatic heterocycles. The Morgan fingerprint density at radius 2 is 0.833 bits per heavy atom. The van der Waals surface area contributed by atoms with Crippen molar-refractivity contribution in [1.29, 1.82) is 0 Å². The highest BCUT2D eigenvalue weighted by atomic mass is 35.9. The van der Waals surface area contributed by atoms with Gasteiger partial charge in [-0.3, -0.25) is 9.13 Å². The van der Waals surface area contributed by atoms with Crippen molar-refractivity contribution in [3.05, 3.63) is 0 Å². The Hall–Kier alpha value is 2.00. The number of rotatable bonds is 2. The van der Waals surface area contributed by atoms with Gasteiger partial charge in [0.25, 0.3) is 7.52 Å². The Morgan fingerprint density at radius 3 is 0.833 bits per heavy atom. The highest BCUT2D eigenvalue weighted by molar-refractivity contribution is 8.08. The Kier molecular flexibility index (Phi) is 31.1. The van der Waals surface area contributed by atoms with Crippen molar-refractivity contribution in [2.45, 2.75) is 14.9 Å². The zero-order chi connectivity index (χ0) is 19.4. The van der Waals surface area contributed by atoms with Crippen LogP contribution in [0.4, 0.5) is 0 Å². The SMILES string of the molecule is C.C.CNP(C)(=O)OC.CP(=O)(Cl)Cl.CP(C)(=O)Cl.CP(C)(=O)Cl. The van der Waals surface area contributed by atoms with Gasteiger partial charge in [0.15, 0.2) is 13.0 Å². The van der Waals surface area contributed by atoms with E-state index in [9.17, 15) is 18.3 Å². The maximum absolute atomic E-state index is 10.6. The van der Waals surface area contributed by atoms with Gasteiger partial charge in [0, 0.05) is 47.1 Å². The van der Waals surface area contributed by atoms with Crippen LogP contribution in [0.3, 0.4) is 0 Å². The number of hydrogen-bond acceptors (Lipinski definition) is 5. The Balaban J connectivity index is -0.0000000443. The minimum atomic E-state index is -2.69. The summed E-state index contributed by atoms with van der Waals surface area (Å²) in [5.41, 5.74) is 0. The maximum Gasteiger partial charge on any atom is 0.266 e. The van der Waals surface area contributed by atoms with Crippen molar-refractivity contribution in [2.24, 2.45) is 0 Å². The van der Waals surface area contributed by atoms with Gasteiger partial charge in [-0.2, -0.15) is 0 Å². The second-order valence-corrected chi connectivity index (χ2v) is 22.5. The summed E-state index contributed by atoms with van der Waals surface area (Å²) in [6, 6.07) is 0. The van der Waals surface area contributed by atoms with E-state index in [1.54, 1.807) is 7.05 Å². The molecule has 1 N–H and O–H groups in total. The van der Waals surface area contributed by atoms with E-state index in [0.29, 0.717) is 0 Å². The average Bonchev–Trinajstić information content (AvgIpc) is 2.09. The lowest BCUT2D eigenvalue weighted by molar-refractivity contribution is 0.391. The van der Waals surface area contributed by atoms with Gasteiger partial charge in [-0.15, -0.1) is 0 Å². The van der Waals surface area contributed by atoms with Crippen LogP contribution in [-0.2, 0) is 22.8 Å². The van der Waals surface area contributed by atoms with Crippen LogP contribution in [0.25, 0.3) is 0 Å². The van der Waals surface area contributed by atoms with Crippen LogP contribution < -0.4 is 5.09 Å². The van der Waals surface area contributed by atoms with E-state index in [-0.39, 0.29) is 14.9 Å². The lowest BCUT2D eigenvalue weighted by atomic mass is 11.6. The molecule has 0 aliphatic rings. The number of nitrogens with one attached hydrogen (secondary N) is 1. The predicted octanol–water partition coefficient (Wildman–Crippen LogP) is 7.76. The van der Waals surface area contributed by atoms with Crippen molar-refractivity contribution in [1.82, 2.24) is 5.09 Å². The first kappa shape index (κ1) is 40.6. The van der Waals surface area contributed by atoms with Crippen LogP contribution >= 0.6 is 71.3 Å². The van der Waals surface area contributed by atoms with E-state index >= 15 is 0 Å². The van der Waals surface area contributed by atoms with E-state index in [1.807, 2.05) is 0 Å². The van der Waals surface area contributed by atoms with Crippen LogP contribution in [0.2, 0.25) is 0 Å². The molecular formula is C10H33Cl4NO5P4. The summed E-state index contributed by atoms with van der Waals surface area (Å²) in [7, 11) is 0.611. The first-order chi connectivity index (χ1) is 9.12. The molecule has 0 rings (SSSR count). The zero-order valence-electron chi connectivity index (χ0n) is 13.8. The largest absolute Gasteiger partial charge is 0.321 e. The fourth-order valence-electron chi connectivity index (χ4n) is 0.0913. The van der Waals surface area contributed by atoms with E-state index in [0.717, 1.165) is 0 Å². The molecule has 14 heteroatoms. The third-order valence-electron chi connectivity index (χ3n) is 0.755. The van der Waals surface area contributed by atoms with Gasteiger partial charge in [0.05, 0.1) is 0 Å². The fraction of sp³-hybridized carbons (Fsp3) is 1.00. The van der Waals surface area contributed by atoms with Crippen molar-refractivity contribution in [3.63, 3.8) is 0 Å². The molecule has 6 nitrogen and oxygen atoms in total. The number of hydrogen-bond donors (Lipinski definition) is 1. The van der Waals surface area contributed by atoms with Crippen LogP contribution in [0.5, 0.6) is 0 Å². The summed E-state index contributed by atoms with van der Waals surface area (Å²) in [4.78, 5) is 0. The predicted molar refractivity (Wildman–Crippen MR) is 119 cm³/mol. The van der Waals surface area contributed by atoms with Gasteiger partial charge in [-0.25, -0.2) is 5.09 Å². The van der Waals surface area contributed by atoms with Crippen molar-refractivity contribution >= 4 is 71.3 Å². The molecule has 0 aliphatic carbocycles. The molecule has 0 bridgehead atoms. The van der Waals surface area contributed by atoms with Gasteiger partial charge >= 0.3 is 0 Å². The Labute approximate surface area is 167 Å². The monoisotopic (exact) mass is 511 g/mol. The van der Waals surface area contributed by atoms with E-state index in [1.165, 1.54) is 47.1 Å². The van der Waals surface area contributed by atoms with Crippen LogP contribution in [0.1, 0.15) is 14.9 Å². The summed E-state index contributed by atoms with van der Waals surface area (Å²) in [5.74, 6) is -2.69. The lowest BCUT2D eigenvalue weighted by Crippen LogP contribution is -2.01. The molecule has 0 radical (unpaired) electrons. The summed E-state index contributed by atoms with van der Waals surface area (Å²) >= 11 is 19.9. The molecule has 0 heterocycles. The highest BCUT2D eigenvalue weighted by Crippen LogP contribution is 2.52. The zero-order valence-corrected chi connectivity index (χ0v) is 20.4. The highest BCUT2D eigenvalue weighted by Gasteiger charge is 2.06. The van der Waals surface area contributed by atoms with Crippen LogP contribution in [0, 0.1) is 0 Å². The van der Waals surface area contributed by atoms with Crippen molar-refractivity contribution < 1.29 is 22.8 Å². The maximum atomic E-state index is 10.6. The number of halogens is 4. The Morgan fingerprint density at radius 1 is 0.708 bits per heavy atom. The second-order valence-electron chi connectivity index (χ2n) is 4.41. The second kappa shape index (κ2) is 18.4. The Bertz CT molecular complexity index is 380. The molecule has 0 spiro atoms. The molecule has 0 fully saturated rings. The molecule has 24 heavy (non-hydrogen) atoms. The van der Waals surface area contributed by atoms with Gasteiger partial charge in [0.1, 0.15) is 0 Å². The van der Waals surface area contributed by atoms with Crippen LogP contribution in [-0.4, -0.2) is 54.1 Å². The molecule has 156 valence electrons. The standard InChI is InChI=1S/C3H10NO2P.2C2H6ClOP.CH3Cl2OP.2CH4/c1-4-7(3,5)6-2;3*1-5(2,3)4;;/h1-3H3,(H,4,5);2*1-2H3;1H3;2*1H4. The van der Waals surface area contributed by atoms with Crippen molar-refractivity contribution in [2.75, 3.05) is 54.1 Å². The minimum Gasteiger partial charge on any atom is -0.321 e. The lowest BCUT2D eigenvalue weighted by Gasteiger charge is -2.05. The average molecular weight is 513 g/mol. The molecule has 0 aromatic rings. The molecule has 0 saturated carbocycles. The topological polar surface area (TPSA) is 89.5 Å². The third kappa shape index (κ3) is 198. The molecular weight excluding hydrogens is 480 g/mol. The smallest absolute Gasteiger partial charge is 0.266 e. The first-order valence-corrected chi connectivity index (χ1v) is 18.5. The molecule has 1 atom stereocenters. The van der Waals surface area contributed by atoms with E-state index in [2.05, 4.69) is 9.61 Å². The summed E-state index contributed by atoms with van der Waals surface area (Å²) in [6.07, 6.45) is 0. The van der Waals surface area contributed by atoms with Gasteiger partial charge in [-0.1, -0.05) is 37.3 Å². The summed E-state index contributed by atoms with van der Waals surface area (Å²) < 4.78 is 44.9.